The highest BCUT2D eigenvalue weighted by atomic mass is 35.5. The molecule has 1 N–H and O–H groups in total. The van der Waals surface area contributed by atoms with Crippen molar-refractivity contribution >= 4 is 28.5 Å². The van der Waals surface area contributed by atoms with Crippen molar-refractivity contribution in [2.45, 2.75) is 25.9 Å². The summed E-state index contributed by atoms with van der Waals surface area (Å²) in [6, 6.07) is 1.80. The summed E-state index contributed by atoms with van der Waals surface area (Å²) >= 11 is 6.15. The van der Waals surface area contributed by atoms with Crippen LogP contribution >= 0.6 is 11.6 Å². The van der Waals surface area contributed by atoms with Crippen molar-refractivity contribution in [3.63, 3.8) is 0 Å². The molecule has 2 aromatic rings. The second-order valence-corrected chi connectivity index (χ2v) is 5.77. The third-order valence-corrected chi connectivity index (χ3v) is 4.43. The van der Waals surface area contributed by atoms with Gasteiger partial charge in [-0.1, -0.05) is 11.6 Å². The van der Waals surface area contributed by atoms with Gasteiger partial charge in [0.1, 0.15) is 0 Å². The lowest BCUT2D eigenvalue weighted by molar-refractivity contribution is -0.131. The summed E-state index contributed by atoms with van der Waals surface area (Å²) in [7, 11) is 1.63. The standard InChI is InChI=1S/C14H14ClN3O3/c1-6-4-9-10-8(7(6)2)5-17(3)13(20)11(15)18(10)14(21)12(19)16-9/h4,11H,5H2,1-3H3,(H,16,19). The molecule has 0 spiro atoms. The number of nitrogens with one attached hydrogen (secondary N) is 1. The number of likely N-dealkylation sites (N-methyl/N-ethyl adjacent to an activating group) is 1. The number of aromatic amines is 1. The predicted octanol–water partition coefficient (Wildman–Crippen LogP) is 1.02. The molecule has 0 fully saturated rings. The first-order chi connectivity index (χ1) is 9.82. The van der Waals surface area contributed by atoms with Crippen LogP contribution in [-0.2, 0) is 11.3 Å². The molecule has 0 aliphatic carbocycles. The number of carbonyl (C=O) groups excluding carboxylic acids is 1. The number of alkyl halides is 1. The zero-order valence-corrected chi connectivity index (χ0v) is 12.6. The molecule has 21 heavy (non-hydrogen) atoms. The molecule has 1 atom stereocenters. The van der Waals surface area contributed by atoms with E-state index < -0.39 is 22.5 Å². The molecular formula is C14H14ClN3O3. The quantitative estimate of drug-likeness (QED) is 0.583. The van der Waals surface area contributed by atoms with Gasteiger partial charge in [0.25, 0.3) is 5.91 Å². The number of nitrogens with zero attached hydrogens (tertiary/aromatic N) is 2. The zero-order chi connectivity index (χ0) is 15.5. The van der Waals surface area contributed by atoms with Gasteiger partial charge < -0.3 is 9.88 Å². The molecule has 1 unspecified atom stereocenters. The third-order valence-electron chi connectivity index (χ3n) is 4.05. The monoisotopic (exact) mass is 307 g/mol. The zero-order valence-electron chi connectivity index (χ0n) is 11.9. The highest BCUT2D eigenvalue weighted by Crippen LogP contribution is 2.30. The Morgan fingerprint density at radius 1 is 1.29 bits per heavy atom. The Morgan fingerprint density at radius 3 is 2.62 bits per heavy atom. The maximum Gasteiger partial charge on any atom is 0.318 e. The Kier molecular flexibility index (Phi) is 2.95. The summed E-state index contributed by atoms with van der Waals surface area (Å²) in [5.74, 6) is -0.404. The first-order valence-corrected chi connectivity index (χ1v) is 6.93. The van der Waals surface area contributed by atoms with Crippen LogP contribution in [0.15, 0.2) is 15.7 Å². The summed E-state index contributed by atoms with van der Waals surface area (Å²) < 4.78 is 1.10. The van der Waals surface area contributed by atoms with Gasteiger partial charge in [0.15, 0.2) is 5.50 Å². The molecule has 3 rings (SSSR count). The number of halogens is 1. The Hall–Kier alpha value is -2.08. The maximum absolute atomic E-state index is 12.2. The predicted molar refractivity (Wildman–Crippen MR) is 79.7 cm³/mol. The molecule has 0 saturated carbocycles. The average Bonchev–Trinajstić information content (AvgIpc) is 2.53. The van der Waals surface area contributed by atoms with E-state index in [2.05, 4.69) is 4.98 Å². The molecule has 1 amide bonds. The summed E-state index contributed by atoms with van der Waals surface area (Å²) in [6.07, 6.45) is 0. The molecule has 1 aromatic heterocycles. The number of hydrogen-bond donors (Lipinski definition) is 1. The first-order valence-electron chi connectivity index (χ1n) is 6.49. The van der Waals surface area contributed by atoms with Gasteiger partial charge in [-0.3, -0.25) is 19.0 Å². The lowest BCUT2D eigenvalue weighted by atomic mass is 10.0. The highest BCUT2D eigenvalue weighted by molar-refractivity contribution is 6.29. The number of hydrogen-bond acceptors (Lipinski definition) is 3. The van der Waals surface area contributed by atoms with Crippen molar-refractivity contribution in [1.82, 2.24) is 14.5 Å². The smallest absolute Gasteiger partial charge is 0.318 e. The minimum atomic E-state index is -1.21. The molecule has 0 saturated heterocycles. The second kappa shape index (κ2) is 4.46. The van der Waals surface area contributed by atoms with E-state index in [1.165, 1.54) is 4.90 Å². The van der Waals surface area contributed by atoms with Crippen molar-refractivity contribution in [3.8, 4) is 0 Å². The van der Waals surface area contributed by atoms with Crippen LogP contribution in [0.1, 0.15) is 22.2 Å². The van der Waals surface area contributed by atoms with Gasteiger partial charge in [-0.2, -0.15) is 0 Å². The van der Waals surface area contributed by atoms with E-state index in [4.69, 9.17) is 11.6 Å². The van der Waals surface area contributed by atoms with Gasteiger partial charge >= 0.3 is 11.1 Å². The Balaban J connectivity index is 2.61. The molecular weight excluding hydrogens is 294 g/mol. The topological polar surface area (TPSA) is 75.2 Å². The molecule has 7 heteroatoms. The van der Waals surface area contributed by atoms with Crippen LogP contribution in [0.2, 0.25) is 0 Å². The van der Waals surface area contributed by atoms with Gasteiger partial charge in [0.05, 0.1) is 11.0 Å². The normalized spacial score (nSPS) is 18.2. The van der Waals surface area contributed by atoms with Crippen molar-refractivity contribution < 1.29 is 4.79 Å². The lowest BCUT2D eigenvalue weighted by Gasteiger charge is -2.17. The molecule has 1 aliphatic heterocycles. The van der Waals surface area contributed by atoms with E-state index in [9.17, 15) is 14.4 Å². The summed E-state index contributed by atoms with van der Waals surface area (Å²) in [4.78, 5) is 40.3. The largest absolute Gasteiger partial charge is 0.338 e. The van der Waals surface area contributed by atoms with Crippen LogP contribution in [0.5, 0.6) is 0 Å². The number of amides is 1. The van der Waals surface area contributed by atoms with Gasteiger partial charge in [0.2, 0.25) is 0 Å². The van der Waals surface area contributed by atoms with Crippen molar-refractivity contribution in [3.05, 3.63) is 43.5 Å². The van der Waals surface area contributed by atoms with E-state index in [1.54, 1.807) is 13.1 Å². The van der Waals surface area contributed by atoms with E-state index >= 15 is 0 Å². The fraction of sp³-hybridized carbons (Fsp3) is 0.357. The maximum atomic E-state index is 12.2. The van der Waals surface area contributed by atoms with Crippen LogP contribution in [0.4, 0.5) is 0 Å². The second-order valence-electron chi connectivity index (χ2n) is 5.35. The Bertz CT molecular complexity index is 897. The van der Waals surface area contributed by atoms with E-state index in [0.29, 0.717) is 17.6 Å². The number of H-pyrrole nitrogens is 1. The SMILES string of the molecule is Cc1cc2[nH]c(=O)c(=O)n3c2c(c1C)CN(C)C(=O)C3Cl. The Morgan fingerprint density at radius 2 is 1.95 bits per heavy atom. The van der Waals surface area contributed by atoms with E-state index in [1.807, 2.05) is 13.8 Å². The van der Waals surface area contributed by atoms with Gasteiger partial charge in [0, 0.05) is 19.2 Å². The van der Waals surface area contributed by atoms with Crippen molar-refractivity contribution in [2.24, 2.45) is 0 Å². The summed E-state index contributed by atoms with van der Waals surface area (Å²) in [5.41, 5.74) is 1.04. The lowest BCUT2D eigenvalue weighted by Crippen LogP contribution is -2.40. The van der Waals surface area contributed by atoms with Gasteiger partial charge in [-0.15, -0.1) is 0 Å². The Labute approximate surface area is 124 Å². The molecule has 1 aromatic carbocycles. The van der Waals surface area contributed by atoms with Crippen LogP contribution in [0.25, 0.3) is 11.0 Å². The molecule has 2 heterocycles. The van der Waals surface area contributed by atoms with E-state index in [0.717, 1.165) is 21.3 Å². The molecule has 6 nitrogen and oxygen atoms in total. The van der Waals surface area contributed by atoms with Crippen LogP contribution in [0.3, 0.4) is 0 Å². The van der Waals surface area contributed by atoms with Crippen molar-refractivity contribution in [2.75, 3.05) is 7.05 Å². The minimum Gasteiger partial charge on any atom is -0.338 e. The summed E-state index contributed by atoms with van der Waals surface area (Å²) in [6.45, 7) is 4.19. The molecule has 110 valence electrons. The fourth-order valence-electron chi connectivity index (χ4n) is 2.75. The van der Waals surface area contributed by atoms with Crippen molar-refractivity contribution in [1.29, 1.82) is 0 Å². The number of aromatic nitrogens is 2. The van der Waals surface area contributed by atoms with Crippen LogP contribution in [-0.4, -0.2) is 27.4 Å². The third kappa shape index (κ3) is 1.82. The van der Waals surface area contributed by atoms with Gasteiger partial charge in [-0.25, -0.2) is 0 Å². The summed E-state index contributed by atoms with van der Waals surface area (Å²) in [5, 5.41) is 0. The minimum absolute atomic E-state index is 0.345. The number of benzene rings is 1. The first kappa shape index (κ1) is 13.9. The molecule has 0 radical (unpaired) electrons. The highest BCUT2D eigenvalue weighted by Gasteiger charge is 2.30. The fourth-order valence-corrected chi connectivity index (χ4v) is 3.10. The number of aryl methyl sites for hydroxylation is 1. The average molecular weight is 308 g/mol. The van der Waals surface area contributed by atoms with E-state index in [-0.39, 0.29) is 0 Å². The van der Waals surface area contributed by atoms with Crippen LogP contribution < -0.4 is 11.1 Å². The van der Waals surface area contributed by atoms with Crippen LogP contribution in [0, 0.1) is 13.8 Å². The molecule has 0 bridgehead atoms. The number of carbonyl (C=O) groups is 1. The number of rotatable bonds is 0. The molecule has 1 aliphatic rings. The van der Waals surface area contributed by atoms with Gasteiger partial charge in [-0.05, 0) is 31.0 Å².